The van der Waals surface area contributed by atoms with Crippen LogP contribution in [0.4, 0.5) is 0 Å². The fraction of sp³-hybridized carbons (Fsp3) is 0.750. The Kier molecular flexibility index (Phi) is 8.01. The van der Waals surface area contributed by atoms with Crippen molar-refractivity contribution in [3.63, 3.8) is 0 Å². The van der Waals surface area contributed by atoms with Crippen LogP contribution in [0.2, 0.25) is 0 Å². The highest BCUT2D eigenvalue weighted by Gasteiger charge is 2.06. The summed E-state index contributed by atoms with van der Waals surface area (Å²) < 4.78 is 0. The highest BCUT2D eigenvalue weighted by Crippen LogP contribution is 2.11. The third-order valence-corrected chi connectivity index (χ3v) is 2.45. The molecule has 2 unspecified atom stereocenters. The van der Waals surface area contributed by atoms with Gasteiger partial charge in [0.15, 0.2) is 0 Å². The number of nitrogens with two attached hydrogens (primary N) is 1. The summed E-state index contributed by atoms with van der Waals surface area (Å²) in [6, 6.07) is -0.858. The van der Waals surface area contributed by atoms with E-state index in [9.17, 15) is 4.79 Å². The van der Waals surface area contributed by atoms with Gasteiger partial charge >= 0.3 is 5.97 Å². The van der Waals surface area contributed by atoms with Crippen LogP contribution in [0.5, 0.6) is 0 Å². The first-order chi connectivity index (χ1) is 7.07. The maximum Gasteiger partial charge on any atom is 0.324 e. The molecule has 0 saturated carbocycles. The monoisotopic (exact) mass is 213 g/mol. The molecule has 15 heavy (non-hydrogen) atoms. The van der Waals surface area contributed by atoms with Crippen LogP contribution in [0.3, 0.4) is 0 Å². The highest BCUT2D eigenvalue weighted by molar-refractivity contribution is 5.75. The Balaban J connectivity index is 3.63. The fourth-order valence-corrected chi connectivity index (χ4v) is 1.38. The van der Waals surface area contributed by atoms with Crippen LogP contribution < -0.4 is 5.73 Å². The summed E-state index contributed by atoms with van der Waals surface area (Å²) in [5.74, 6) is -0.545. The lowest BCUT2D eigenvalue weighted by atomic mass is 10.0. The van der Waals surface area contributed by atoms with E-state index in [1.807, 2.05) is 6.08 Å². The highest BCUT2D eigenvalue weighted by atomic mass is 16.4. The molecule has 0 aromatic carbocycles. The summed E-state index contributed by atoms with van der Waals surface area (Å²) in [4.78, 5) is 10.4. The molecule has 0 saturated heterocycles. The zero-order chi connectivity index (χ0) is 11.7. The van der Waals surface area contributed by atoms with Crippen molar-refractivity contribution in [1.82, 2.24) is 0 Å². The van der Waals surface area contributed by atoms with Gasteiger partial charge in [-0.3, -0.25) is 4.79 Å². The van der Waals surface area contributed by atoms with Crippen molar-refractivity contribution < 1.29 is 9.90 Å². The minimum atomic E-state index is -0.968. The van der Waals surface area contributed by atoms with Crippen molar-refractivity contribution in [3.8, 4) is 0 Å². The number of rotatable bonds is 8. The second kappa shape index (κ2) is 8.48. The molecule has 88 valence electrons. The molecule has 0 aromatic rings. The topological polar surface area (TPSA) is 63.3 Å². The van der Waals surface area contributed by atoms with E-state index in [1.165, 1.54) is 25.7 Å². The molecule has 3 N–H and O–H groups in total. The lowest BCUT2D eigenvalue weighted by Crippen LogP contribution is -2.27. The average molecular weight is 213 g/mol. The van der Waals surface area contributed by atoms with Gasteiger partial charge in [0.1, 0.15) is 6.04 Å². The van der Waals surface area contributed by atoms with Gasteiger partial charge in [-0.25, -0.2) is 0 Å². The van der Waals surface area contributed by atoms with Crippen molar-refractivity contribution in [1.29, 1.82) is 0 Å². The molecule has 0 fully saturated rings. The number of allylic oxidation sites excluding steroid dienone is 1. The predicted octanol–water partition coefficient (Wildman–Crippen LogP) is 2.56. The van der Waals surface area contributed by atoms with Crippen molar-refractivity contribution in [2.75, 3.05) is 0 Å². The lowest BCUT2D eigenvalue weighted by Gasteiger charge is -2.06. The normalized spacial score (nSPS) is 15.4. The van der Waals surface area contributed by atoms with Crippen molar-refractivity contribution in [2.24, 2.45) is 11.7 Å². The number of hydrogen-bond donors (Lipinski definition) is 2. The van der Waals surface area contributed by atoms with Crippen LogP contribution in [-0.4, -0.2) is 17.1 Å². The maximum atomic E-state index is 10.4. The Morgan fingerprint density at radius 2 is 2.00 bits per heavy atom. The second-order valence-corrected chi connectivity index (χ2v) is 4.08. The van der Waals surface area contributed by atoms with Crippen LogP contribution in [0.15, 0.2) is 12.2 Å². The molecule has 2 atom stereocenters. The minimum absolute atomic E-state index is 0.423. The maximum absolute atomic E-state index is 10.4. The summed E-state index contributed by atoms with van der Waals surface area (Å²) in [6.45, 7) is 4.28. The molecular formula is C12H23NO2. The van der Waals surface area contributed by atoms with E-state index >= 15 is 0 Å². The van der Waals surface area contributed by atoms with Crippen molar-refractivity contribution in [2.45, 2.75) is 52.0 Å². The van der Waals surface area contributed by atoms with E-state index < -0.39 is 12.0 Å². The molecule has 0 aliphatic carbocycles. The van der Waals surface area contributed by atoms with Gasteiger partial charge in [0.05, 0.1) is 0 Å². The van der Waals surface area contributed by atoms with Gasteiger partial charge in [0, 0.05) is 0 Å². The molecule has 0 aliphatic heterocycles. The van der Waals surface area contributed by atoms with E-state index in [4.69, 9.17) is 10.8 Å². The summed E-state index contributed by atoms with van der Waals surface area (Å²) in [6.07, 6.45) is 9.60. The summed E-state index contributed by atoms with van der Waals surface area (Å²) in [5, 5.41) is 8.56. The van der Waals surface area contributed by atoms with Crippen molar-refractivity contribution >= 4 is 5.97 Å². The number of unbranched alkanes of at least 4 members (excludes halogenated alkanes) is 3. The fourth-order valence-electron chi connectivity index (χ4n) is 1.38. The Bertz CT molecular complexity index is 202. The van der Waals surface area contributed by atoms with Gasteiger partial charge in [0.2, 0.25) is 0 Å². The summed E-state index contributed by atoms with van der Waals surface area (Å²) in [7, 11) is 0. The molecule has 0 aromatic heterocycles. The largest absolute Gasteiger partial charge is 0.480 e. The Morgan fingerprint density at radius 3 is 2.53 bits per heavy atom. The van der Waals surface area contributed by atoms with Crippen LogP contribution in [0, 0.1) is 5.92 Å². The van der Waals surface area contributed by atoms with E-state index in [2.05, 4.69) is 13.8 Å². The third kappa shape index (κ3) is 8.18. The van der Waals surface area contributed by atoms with E-state index in [0.29, 0.717) is 5.92 Å². The van der Waals surface area contributed by atoms with Gasteiger partial charge < -0.3 is 10.8 Å². The number of carboxylic acids is 1. The number of carboxylic acid groups (broad SMARTS) is 1. The second-order valence-electron chi connectivity index (χ2n) is 4.08. The minimum Gasteiger partial charge on any atom is -0.480 e. The number of aliphatic carboxylic acids is 1. The lowest BCUT2D eigenvalue weighted by molar-refractivity contribution is -0.137. The van der Waals surface area contributed by atoms with Crippen LogP contribution in [0.1, 0.15) is 46.0 Å². The Labute approximate surface area is 92.4 Å². The Morgan fingerprint density at radius 1 is 1.33 bits per heavy atom. The zero-order valence-corrected chi connectivity index (χ0v) is 9.78. The third-order valence-electron chi connectivity index (χ3n) is 2.45. The molecule has 3 nitrogen and oxygen atoms in total. The first-order valence-corrected chi connectivity index (χ1v) is 5.74. The van der Waals surface area contributed by atoms with Crippen molar-refractivity contribution in [3.05, 3.63) is 12.2 Å². The van der Waals surface area contributed by atoms with Gasteiger partial charge in [-0.2, -0.15) is 0 Å². The standard InChI is InChI=1S/C12H23NO2/c1-3-4-5-6-7-10(2)8-9-11(13)12(14)15/h8-11H,3-7,13H2,1-2H3,(H,14,15)/b9-8+. The van der Waals surface area contributed by atoms with E-state index in [0.717, 1.165) is 6.42 Å². The van der Waals surface area contributed by atoms with Gasteiger partial charge in [0.25, 0.3) is 0 Å². The summed E-state index contributed by atoms with van der Waals surface area (Å²) >= 11 is 0. The van der Waals surface area contributed by atoms with Crippen LogP contribution >= 0.6 is 0 Å². The molecule has 0 rings (SSSR count). The Hall–Kier alpha value is -0.830. The quantitative estimate of drug-likeness (QED) is 0.481. The smallest absolute Gasteiger partial charge is 0.324 e. The predicted molar refractivity (Wildman–Crippen MR) is 62.7 cm³/mol. The SMILES string of the molecule is CCCCCCC(C)/C=C/C(N)C(=O)O. The first kappa shape index (κ1) is 14.2. The first-order valence-electron chi connectivity index (χ1n) is 5.74. The number of carbonyl (C=O) groups is 1. The van der Waals surface area contributed by atoms with Gasteiger partial charge in [-0.05, 0) is 12.3 Å². The van der Waals surface area contributed by atoms with Crippen LogP contribution in [-0.2, 0) is 4.79 Å². The average Bonchev–Trinajstić information content (AvgIpc) is 2.20. The van der Waals surface area contributed by atoms with Gasteiger partial charge in [-0.1, -0.05) is 51.7 Å². The number of hydrogen-bond acceptors (Lipinski definition) is 2. The zero-order valence-electron chi connectivity index (χ0n) is 9.78. The van der Waals surface area contributed by atoms with E-state index in [-0.39, 0.29) is 0 Å². The van der Waals surface area contributed by atoms with Gasteiger partial charge in [-0.15, -0.1) is 0 Å². The molecule has 0 radical (unpaired) electrons. The molecule has 0 heterocycles. The molecule has 0 spiro atoms. The molecule has 3 heteroatoms. The van der Waals surface area contributed by atoms with E-state index in [1.54, 1.807) is 6.08 Å². The molecule has 0 aliphatic rings. The summed E-state index contributed by atoms with van der Waals surface area (Å²) in [5.41, 5.74) is 5.35. The molecular weight excluding hydrogens is 190 g/mol. The molecule has 0 amide bonds. The molecule has 0 bridgehead atoms. The van der Waals surface area contributed by atoms with Crippen LogP contribution in [0.25, 0.3) is 0 Å².